The third-order valence-electron chi connectivity index (χ3n) is 2.89. The fraction of sp³-hybridized carbons (Fsp3) is 0.385. The maximum Gasteiger partial charge on any atom is 0.122 e. The zero-order valence-electron chi connectivity index (χ0n) is 9.98. The third kappa shape index (κ3) is 2.78. The lowest BCUT2D eigenvalue weighted by molar-refractivity contribution is 0.214. The summed E-state index contributed by atoms with van der Waals surface area (Å²) in [6, 6.07) is 7.95. The predicted molar refractivity (Wildman–Crippen MR) is 66.5 cm³/mol. The average molecular weight is 234 g/mol. The van der Waals surface area contributed by atoms with Gasteiger partial charge in [0.2, 0.25) is 0 Å². The molecule has 0 aromatic heterocycles. The van der Waals surface area contributed by atoms with Crippen molar-refractivity contribution >= 4 is 0 Å². The van der Waals surface area contributed by atoms with E-state index in [-0.39, 0.29) is 6.04 Å². The van der Waals surface area contributed by atoms with Crippen molar-refractivity contribution in [1.82, 2.24) is 5.43 Å². The molecule has 1 aromatic rings. The summed E-state index contributed by atoms with van der Waals surface area (Å²) in [5.41, 5.74) is 3.91. The fourth-order valence-corrected chi connectivity index (χ4v) is 2.01. The van der Waals surface area contributed by atoms with Gasteiger partial charge in [0.05, 0.1) is 19.8 Å². The molecule has 1 heterocycles. The first-order valence-corrected chi connectivity index (χ1v) is 5.76. The Morgan fingerprint density at radius 2 is 2.29 bits per heavy atom. The molecule has 1 aromatic carbocycles. The van der Waals surface area contributed by atoms with E-state index in [4.69, 9.17) is 15.3 Å². The van der Waals surface area contributed by atoms with Crippen LogP contribution in [0.2, 0.25) is 0 Å². The molecular formula is C13H18N2O2. The first-order valence-electron chi connectivity index (χ1n) is 5.76. The first kappa shape index (κ1) is 12.0. The highest BCUT2D eigenvalue weighted by Crippen LogP contribution is 2.22. The second kappa shape index (κ2) is 5.70. The molecule has 17 heavy (non-hydrogen) atoms. The van der Waals surface area contributed by atoms with Gasteiger partial charge in [0.1, 0.15) is 11.5 Å². The zero-order valence-corrected chi connectivity index (χ0v) is 9.98. The van der Waals surface area contributed by atoms with Crippen molar-refractivity contribution in [1.29, 1.82) is 0 Å². The van der Waals surface area contributed by atoms with Crippen LogP contribution >= 0.6 is 0 Å². The van der Waals surface area contributed by atoms with Crippen molar-refractivity contribution in [2.45, 2.75) is 18.9 Å². The lowest BCUT2D eigenvalue weighted by Crippen LogP contribution is -2.38. The lowest BCUT2D eigenvalue weighted by atomic mass is 10.0. The number of rotatable bonds is 5. The van der Waals surface area contributed by atoms with E-state index >= 15 is 0 Å². The summed E-state index contributed by atoms with van der Waals surface area (Å²) in [4.78, 5) is 0. The minimum atomic E-state index is 0.00815. The van der Waals surface area contributed by atoms with Crippen molar-refractivity contribution in [3.05, 3.63) is 41.7 Å². The van der Waals surface area contributed by atoms with E-state index in [0.717, 1.165) is 36.5 Å². The molecule has 0 saturated heterocycles. The van der Waals surface area contributed by atoms with Crippen LogP contribution in [0.1, 0.15) is 12.0 Å². The second-order valence-electron chi connectivity index (χ2n) is 3.98. The lowest BCUT2D eigenvalue weighted by Gasteiger charge is -2.18. The molecule has 4 nitrogen and oxygen atoms in total. The van der Waals surface area contributed by atoms with Gasteiger partial charge < -0.3 is 9.47 Å². The normalized spacial score (nSPS) is 16.2. The van der Waals surface area contributed by atoms with E-state index < -0.39 is 0 Å². The Morgan fingerprint density at radius 1 is 1.47 bits per heavy atom. The van der Waals surface area contributed by atoms with Crippen LogP contribution in [0.25, 0.3) is 0 Å². The van der Waals surface area contributed by atoms with Crippen LogP contribution < -0.4 is 16.0 Å². The topological polar surface area (TPSA) is 56.5 Å². The molecule has 1 aliphatic heterocycles. The van der Waals surface area contributed by atoms with Crippen LogP contribution in [0.3, 0.4) is 0 Å². The summed E-state index contributed by atoms with van der Waals surface area (Å²) in [5, 5.41) is 0. The second-order valence-corrected chi connectivity index (χ2v) is 3.98. The Bertz CT molecular complexity index is 404. The smallest absolute Gasteiger partial charge is 0.122 e. The van der Waals surface area contributed by atoms with E-state index in [0.29, 0.717) is 0 Å². The number of methoxy groups -OCH3 is 1. The van der Waals surface area contributed by atoms with Gasteiger partial charge in [0, 0.05) is 6.42 Å². The number of hydrogen-bond donors (Lipinski definition) is 2. The summed E-state index contributed by atoms with van der Waals surface area (Å²) in [6.45, 7) is 0.749. The number of para-hydroxylation sites is 1. The van der Waals surface area contributed by atoms with Crippen LogP contribution in [0.4, 0.5) is 0 Å². The van der Waals surface area contributed by atoms with Gasteiger partial charge >= 0.3 is 0 Å². The van der Waals surface area contributed by atoms with Gasteiger partial charge in [-0.2, -0.15) is 0 Å². The quantitative estimate of drug-likeness (QED) is 0.597. The maximum absolute atomic E-state index is 5.58. The van der Waals surface area contributed by atoms with Gasteiger partial charge in [-0.1, -0.05) is 18.2 Å². The van der Waals surface area contributed by atoms with Gasteiger partial charge in [-0.3, -0.25) is 5.84 Å². The predicted octanol–water partition coefficient (Wildman–Crippen LogP) is 1.37. The number of nitrogens with two attached hydrogens (primary N) is 1. The molecule has 3 N–H and O–H groups in total. The molecular weight excluding hydrogens is 216 g/mol. The summed E-state index contributed by atoms with van der Waals surface area (Å²) in [6.07, 6.45) is 3.80. The van der Waals surface area contributed by atoms with Gasteiger partial charge in [-0.05, 0) is 24.1 Å². The Balaban J connectivity index is 2.12. The standard InChI is InChI=1S/C13H18N2O2/c1-16-12-6-3-2-5-10(12)9-11(15-14)13-7-4-8-17-13/h2-3,5-7,11,15H,4,8-9,14H2,1H3. The van der Waals surface area contributed by atoms with E-state index in [1.807, 2.05) is 24.3 Å². The third-order valence-corrected chi connectivity index (χ3v) is 2.89. The van der Waals surface area contributed by atoms with E-state index in [1.54, 1.807) is 7.11 Å². The molecule has 92 valence electrons. The van der Waals surface area contributed by atoms with Gasteiger partial charge in [-0.25, -0.2) is 5.43 Å². The first-order chi connectivity index (χ1) is 8.35. The molecule has 0 aliphatic carbocycles. The highest BCUT2D eigenvalue weighted by atomic mass is 16.5. The van der Waals surface area contributed by atoms with Crippen molar-refractivity contribution in [3.63, 3.8) is 0 Å². The Labute approximate surface area is 101 Å². The summed E-state index contributed by atoms with van der Waals surface area (Å²) >= 11 is 0. The van der Waals surface area contributed by atoms with Gasteiger partial charge in [0.25, 0.3) is 0 Å². The van der Waals surface area contributed by atoms with Crippen LogP contribution in [-0.2, 0) is 11.2 Å². The molecule has 0 bridgehead atoms. The fourth-order valence-electron chi connectivity index (χ4n) is 2.01. The highest BCUT2D eigenvalue weighted by molar-refractivity contribution is 5.34. The van der Waals surface area contributed by atoms with Crippen molar-refractivity contribution in [3.8, 4) is 5.75 Å². The molecule has 1 unspecified atom stereocenters. The van der Waals surface area contributed by atoms with Gasteiger partial charge in [0.15, 0.2) is 0 Å². The SMILES string of the molecule is COc1ccccc1CC(NN)C1=CCCO1. The largest absolute Gasteiger partial charge is 0.496 e. The molecule has 2 rings (SSSR count). The monoisotopic (exact) mass is 234 g/mol. The minimum absolute atomic E-state index is 0.00815. The molecule has 0 fully saturated rings. The van der Waals surface area contributed by atoms with Crippen molar-refractivity contribution in [2.24, 2.45) is 5.84 Å². The highest BCUT2D eigenvalue weighted by Gasteiger charge is 2.19. The zero-order chi connectivity index (χ0) is 12.1. The summed E-state index contributed by atoms with van der Waals surface area (Å²) < 4.78 is 10.9. The number of nitrogens with one attached hydrogen (secondary N) is 1. The van der Waals surface area contributed by atoms with Crippen LogP contribution in [0.15, 0.2) is 36.1 Å². The minimum Gasteiger partial charge on any atom is -0.496 e. The molecule has 0 radical (unpaired) electrons. The number of ether oxygens (including phenoxy) is 2. The molecule has 1 atom stereocenters. The van der Waals surface area contributed by atoms with Crippen LogP contribution in [0, 0.1) is 0 Å². The van der Waals surface area contributed by atoms with Crippen LogP contribution in [0.5, 0.6) is 5.75 Å². The summed E-state index contributed by atoms with van der Waals surface area (Å²) in [5.74, 6) is 7.39. The Kier molecular flexibility index (Phi) is 4.01. The Morgan fingerprint density at radius 3 is 2.94 bits per heavy atom. The number of hydrazine groups is 1. The molecule has 0 saturated carbocycles. The maximum atomic E-state index is 5.58. The van der Waals surface area contributed by atoms with E-state index in [2.05, 4.69) is 11.5 Å². The van der Waals surface area contributed by atoms with E-state index in [9.17, 15) is 0 Å². The number of hydrogen-bond acceptors (Lipinski definition) is 4. The number of benzene rings is 1. The molecule has 0 spiro atoms. The van der Waals surface area contributed by atoms with Crippen LogP contribution in [-0.4, -0.2) is 19.8 Å². The molecule has 0 amide bonds. The van der Waals surface area contributed by atoms with E-state index in [1.165, 1.54) is 0 Å². The van der Waals surface area contributed by atoms with Crippen molar-refractivity contribution in [2.75, 3.05) is 13.7 Å². The van der Waals surface area contributed by atoms with Crippen molar-refractivity contribution < 1.29 is 9.47 Å². The van der Waals surface area contributed by atoms with Gasteiger partial charge in [-0.15, -0.1) is 0 Å². The summed E-state index contributed by atoms with van der Waals surface area (Å²) in [7, 11) is 1.68. The Hall–Kier alpha value is -1.52. The molecule has 1 aliphatic rings. The average Bonchev–Trinajstić information content (AvgIpc) is 2.90. The molecule has 4 heteroatoms.